The number of rotatable bonds is 5. The highest BCUT2D eigenvalue weighted by atomic mass is 32.2. The highest BCUT2D eigenvalue weighted by Crippen LogP contribution is 2.37. The summed E-state index contributed by atoms with van der Waals surface area (Å²) >= 11 is 0. The molecule has 0 unspecified atom stereocenters. The van der Waals surface area contributed by atoms with Crippen LogP contribution in [0.5, 0.6) is 5.88 Å². The number of hydrogen-bond donors (Lipinski definition) is 1. The van der Waals surface area contributed by atoms with Crippen LogP contribution in [0.3, 0.4) is 0 Å². The lowest BCUT2D eigenvalue weighted by molar-refractivity contribution is -0.141. The van der Waals surface area contributed by atoms with E-state index in [0.29, 0.717) is 4.68 Å². The maximum Gasteiger partial charge on any atom is 0.436 e. The van der Waals surface area contributed by atoms with E-state index in [0.717, 1.165) is 37.6 Å². The Hall–Kier alpha value is -2.65. The number of nitriles is 1. The molecule has 1 saturated carbocycles. The Balaban J connectivity index is 2.06. The van der Waals surface area contributed by atoms with E-state index in [2.05, 4.69) is 10.1 Å². The van der Waals surface area contributed by atoms with E-state index in [9.17, 15) is 26.9 Å². The van der Waals surface area contributed by atoms with Crippen molar-refractivity contribution in [2.24, 2.45) is 5.92 Å². The van der Waals surface area contributed by atoms with Crippen LogP contribution < -0.4 is 4.74 Å². The molecule has 2 aromatic heterocycles. The summed E-state index contributed by atoms with van der Waals surface area (Å²) < 4.78 is 77.0. The van der Waals surface area contributed by atoms with Gasteiger partial charge in [0.15, 0.2) is 11.5 Å². The van der Waals surface area contributed by atoms with Crippen molar-refractivity contribution in [2.45, 2.75) is 30.3 Å². The Morgan fingerprint density at radius 2 is 2.07 bits per heavy atom. The van der Waals surface area contributed by atoms with E-state index < -0.39 is 38.3 Å². The van der Waals surface area contributed by atoms with Gasteiger partial charge < -0.3 is 4.74 Å². The summed E-state index contributed by atoms with van der Waals surface area (Å²) in [5.41, 5.74) is -2.20. The van der Waals surface area contributed by atoms with Gasteiger partial charge in [0, 0.05) is 0 Å². The minimum absolute atomic E-state index is 0.126. The minimum atomic E-state index is -4.89. The number of alkyl halides is 3. The topological polar surface area (TPSA) is 118 Å². The average Bonchev–Trinajstić information content (AvgIpc) is 2.91. The summed E-state index contributed by atoms with van der Waals surface area (Å²) in [7, 11) is -4.52. The van der Waals surface area contributed by atoms with Gasteiger partial charge >= 0.3 is 6.18 Å². The van der Waals surface area contributed by atoms with Crippen LogP contribution in [0.15, 0.2) is 23.2 Å². The van der Waals surface area contributed by atoms with Gasteiger partial charge in [0.2, 0.25) is 5.88 Å². The first-order valence-corrected chi connectivity index (χ1v) is 9.22. The van der Waals surface area contributed by atoms with Gasteiger partial charge in [-0.3, -0.25) is 4.55 Å². The van der Waals surface area contributed by atoms with Crippen molar-refractivity contribution in [1.82, 2.24) is 14.8 Å². The first-order chi connectivity index (χ1) is 12.6. The Morgan fingerprint density at radius 1 is 1.37 bits per heavy atom. The van der Waals surface area contributed by atoms with Gasteiger partial charge in [-0.2, -0.15) is 36.6 Å². The number of nitrogens with zero attached hydrogens (tertiary/aromatic N) is 4. The van der Waals surface area contributed by atoms with Crippen LogP contribution in [0.1, 0.15) is 30.5 Å². The van der Waals surface area contributed by atoms with Crippen molar-refractivity contribution in [3.05, 3.63) is 29.6 Å². The summed E-state index contributed by atoms with van der Waals surface area (Å²) in [6.45, 7) is 0.126. The van der Waals surface area contributed by atoms with Crippen LogP contribution in [-0.2, 0) is 16.3 Å². The van der Waals surface area contributed by atoms with Gasteiger partial charge in [0.25, 0.3) is 10.1 Å². The van der Waals surface area contributed by atoms with E-state index in [-0.39, 0.29) is 18.3 Å². The van der Waals surface area contributed by atoms with Crippen LogP contribution in [0.2, 0.25) is 0 Å². The second-order valence-electron chi connectivity index (χ2n) is 5.99. The largest absolute Gasteiger partial charge is 0.476 e. The fraction of sp³-hybridized carbons (Fsp3) is 0.400. The quantitative estimate of drug-likeness (QED) is 0.764. The lowest BCUT2D eigenvalue weighted by Crippen LogP contribution is -2.20. The van der Waals surface area contributed by atoms with Gasteiger partial charge in [0.05, 0.1) is 12.8 Å². The van der Waals surface area contributed by atoms with Crippen molar-refractivity contribution >= 4 is 10.1 Å². The van der Waals surface area contributed by atoms with E-state index >= 15 is 0 Å². The summed E-state index contributed by atoms with van der Waals surface area (Å²) in [5.74, 6) is -0.425. The third-order valence-corrected chi connectivity index (χ3v) is 4.98. The van der Waals surface area contributed by atoms with Gasteiger partial charge in [-0.05, 0) is 30.9 Å². The fourth-order valence-corrected chi connectivity index (χ4v) is 2.92. The minimum Gasteiger partial charge on any atom is -0.476 e. The van der Waals surface area contributed by atoms with Crippen molar-refractivity contribution in [2.75, 3.05) is 6.61 Å². The molecule has 2 heterocycles. The molecule has 1 N–H and O–H groups in total. The van der Waals surface area contributed by atoms with Crippen LogP contribution in [0.4, 0.5) is 13.2 Å². The Kier molecular flexibility index (Phi) is 4.83. The molecule has 1 aliphatic rings. The van der Waals surface area contributed by atoms with E-state index in [1.807, 2.05) is 0 Å². The molecule has 1 fully saturated rings. The normalized spacial score (nSPS) is 15.2. The first kappa shape index (κ1) is 19.1. The zero-order valence-corrected chi connectivity index (χ0v) is 14.5. The van der Waals surface area contributed by atoms with E-state index in [1.54, 1.807) is 0 Å². The van der Waals surface area contributed by atoms with E-state index in [1.165, 1.54) is 6.07 Å². The summed E-state index contributed by atoms with van der Waals surface area (Å²) in [4.78, 5) is 3.18. The molecule has 0 aliphatic heterocycles. The van der Waals surface area contributed by atoms with Crippen LogP contribution >= 0.6 is 0 Å². The fourth-order valence-electron chi connectivity index (χ4n) is 2.50. The molecule has 0 spiro atoms. The Bertz CT molecular complexity index is 990. The van der Waals surface area contributed by atoms with Crippen molar-refractivity contribution in [1.29, 1.82) is 5.26 Å². The Morgan fingerprint density at radius 3 is 2.52 bits per heavy atom. The third kappa shape index (κ3) is 3.88. The van der Waals surface area contributed by atoms with Crippen molar-refractivity contribution < 1.29 is 30.9 Å². The molecule has 144 valence electrons. The van der Waals surface area contributed by atoms with Gasteiger partial charge in [-0.1, -0.05) is 6.42 Å². The number of pyridine rings is 1. The zero-order chi connectivity index (χ0) is 19.8. The molecule has 0 radical (unpaired) electrons. The summed E-state index contributed by atoms with van der Waals surface area (Å²) in [6.07, 6.45) is -1.36. The maximum atomic E-state index is 13.2. The van der Waals surface area contributed by atoms with Crippen molar-refractivity contribution in [3.63, 3.8) is 0 Å². The average molecular weight is 402 g/mol. The molecular weight excluding hydrogens is 389 g/mol. The molecule has 12 heteroatoms. The molecule has 0 atom stereocenters. The highest BCUT2D eigenvalue weighted by molar-refractivity contribution is 7.85. The standard InChI is InChI=1S/C15H13F3N4O4S/c16-15(17,18)13-11(6-19)14(26-8-9-2-1-3-9)22(21-13)12-5-4-10(7-20-12)27(23,24)25/h4-5,7,9H,1-3,8H2,(H,23,24,25). The van der Waals surface area contributed by atoms with Crippen LogP contribution in [0.25, 0.3) is 5.82 Å². The van der Waals surface area contributed by atoms with Crippen LogP contribution in [-0.4, -0.2) is 34.3 Å². The third-order valence-electron chi connectivity index (χ3n) is 4.14. The molecule has 0 saturated heterocycles. The van der Waals surface area contributed by atoms with Gasteiger partial charge in [0.1, 0.15) is 16.5 Å². The number of hydrogen-bond acceptors (Lipinski definition) is 6. The number of ether oxygens (including phenoxy) is 1. The second kappa shape index (κ2) is 6.82. The van der Waals surface area contributed by atoms with Crippen molar-refractivity contribution in [3.8, 4) is 17.8 Å². The van der Waals surface area contributed by atoms with Gasteiger partial charge in [-0.25, -0.2) is 4.98 Å². The molecule has 2 aromatic rings. The Labute approximate surface area is 151 Å². The molecule has 27 heavy (non-hydrogen) atoms. The van der Waals surface area contributed by atoms with E-state index in [4.69, 9.17) is 9.29 Å². The van der Waals surface area contributed by atoms with Gasteiger partial charge in [-0.15, -0.1) is 0 Å². The monoisotopic (exact) mass is 402 g/mol. The lowest BCUT2D eigenvalue weighted by Gasteiger charge is -2.25. The molecular formula is C15H13F3N4O4S. The molecule has 8 nitrogen and oxygen atoms in total. The molecule has 0 aromatic carbocycles. The first-order valence-electron chi connectivity index (χ1n) is 7.78. The predicted molar refractivity (Wildman–Crippen MR) is 83.7 cm³/mol. The number of aromatic nitrogens is 3. The lowest BCUT2D eigenvalue weighted by atomic mass is 9.86. The predicted octanol–water partition coefficient (Wildman–Crippen LogP) is 2.58. The summed E-state index contributed by atoms with van der Waals surface area (Å²) in [5, 5.41) is 12.6. The molecule has 0 bridgehead atoms. The molecule has 3 rings (SSSR count). The molecule has 0 amide bonds. The van der Waals surface area contributed by atoms with Crippen LogP contribution in [0, 0.1) is 17.2 Å². The highest BCUT2D eigenvalue weighted by Gasteiger charge is 2.41. The maximum absolute atomic E-state index is 13.2. The zero-order valence-electron chi connectivity index (χ0n) is 13.6. The SMILES string of the molecule is N#Cc1c(C(F)(F)F)nn(-c2ccc(S(=O)(=O)O)cn2)c1OCC1CCC1. The number of halogens is 3. The molecule has 1 aliphatic carbocycles. The smallest absolute Gasteiger partial charge is 0.436 e. The second-order valence-corrected chi connectivity index (χ2v) is 7.41. The summed E-state index contributed by atoms with van der Waals surface area (Å²) in [6, 6.07) is 3.47.